The molecule has 0 bridgehead atoms. The molecule has 0 aliphatic heterocycles. The van der Waals surface area contributed by atoms with Gasteiger partial charge in [-0.25, -0.2) is 0 Å². The average molecular weight is 255 g/mol. The first-order valence-corrected chi connectivity index (χ1v) is 6.52. The van der Waals surface area contributed by atoms with Crippen molar-refractivity contribution in [2.24, 2.45) is 0 Å². The Kier molecular flexibility index (Phi) is 4.05. The first-order chi connectivity index (χ1) is 9.08. The molecule has 3 nitrogen and oxygen atoms in total. The summed E-state index contributed by atoms with van der Waals surface area (Å²) in [5.74, 6) is 0. The lowest BCUT2D eigenvalue weighted by molar-refractivity contribution is 0.879. The molecule has 0 aliphatic rings. The van der Waals surface area contributed by atoms with Crippen LogP contribution in [0.25, 0.3) is 0 Å². The number of benzene rings is 1. The summed E-state index contributed by atoms with van der Waals surface area (Å²) in [4.78, 5) is 6.29. The third-order valence-electron chi connectivity index (χ3n) is 3.19. The number of nitrogens with zero attached hydrogens (tertiary/aromatic N) is 2. The van der Waals surface area contributed by atoms with Crippen molar-refractivity contribution in [3.63, 3.8) is 0 Å². The summed E-state index contributed by atoms with van der Waals surface area (Å²) in [6, 6.07) is 10.8. The van der Waals surface area contributed by atoms with Gasteiger partial charge in [0, 0.05) is 26.3 Å². The van der Waals surface area contributed by atoms with E-state index in [1.807, 2.05) is 32.6 Å². The van der Waals surface area contributed by atoms with E-state index in [9.17, 15) is 0 Å². The maximum atomic E-state index is 4.20. The van der Waals surface area contributed by atoms with Crippen LogP contribution in [0.4, 0.5) is 11.4 Å². The summed E-state index contributed by atoms with van der Waals surface area (Å²) < 4.78 is 0. The zero-order valence-corrected chi connectivity index (χ0v) is 12.0. The largest absolute Gasteiger partial charge is 0.376 e. The summed E-state index contributed by atoms with van der Waals surface area (Å²) in [5, 5.41) is 3.53. The van der Waals surface area contributed by atoms with E-state index in [-0.39, 0.29) is 6.04 Å². The molecule has 1 aromatic carbocycles. The third kappa shape index (κ3) is 3.25. The quantitative estimate of drug-likeness (QED) is 0.904. The van der Waals surface area contributed by atoms with Gasteiger partial charge in [0.15, 0.2) is 0 Å². The first-order valence-electron chi connectivity index (χ1n) is 6.52. The van der Waals surface area contributed by atoms with Crippen LogP contribution in [0.3, 0.4) is 0 Å². The molecule has 2 rings (SSSR count). The van der Waals surface area contributed by atoms with Crippen LogP contribution in [0.1, 0.15) is 24.1 Å². The Hall–Kier alpha value is -2.03. The van der Waals surface area contributed by atoms with Gasteiger partial charge in [0.2, 0.25) is 0 Å². The molecule has 100 valence electrons. The average Bonchev–Trinajstić information content (AvgIpc) is 2.39. The van der Waals surface area contributed by atoms with E-state index in [1.54, 1.807) is 0 Å². The molecule has 0 fully saturated rings. The number of pyridine rings is 1. The summed E-state index contributed by atoms with van der Waals surface area (Å²) in [6.45, 7) is 4.28. The minimum Gasteiger partial charge on any atom is -0.376 e. The maximum Gasteiger partial charge on any atom is 0.0768 e. The van der Waals surface area contributed by atoms with E-state index in [0.717, 1.165) is 11.4 Å². The molecule has 0 amide bonds. The van der Waals surface area contributed by atoms with E-state index >= 15 is 0 Å². The Morgan fingerprint density at radius 1 is 1.21 bits per heavy atom. The second-order valence-corrected chi connectivity index (χ2v) is 5.07. The van der Waals surface area contributed by atoms with Crippen LogP contribution in [0, 0.1) is 6.92 Å². The zero-order chi connectivity index (χ0) is 13.8. The molecule has 0 saturated carbocycles. The number of nitrogens with one attached hydrogen (secondary N) is 1. The SMILES string of the molecule is Cc1cccc(C(C)Nc2cnccc2N(C)C)c1. The minimum absolute atomic E-state index is 0.253. The molecular weight excluding hydrogens is 234 g/mol. The van der Waals surface area contributed by atoms with Crippen LogP contribution in [-0.2, 0) is 0 Å². The van der Waals surface area contributed by atoms with Crippen molar-refractivity contribution in [3.05, 3.63) is 53.9 Å². The van der Waals surface area contributed by atoms with Crippen LogP contribution in [0.15, 0.2) is 42.7 Å². The molecule has 1 unspecified atom stereocenters. The van der Waals surface area contributed by atoms with Crippen molar-refractivity contribution in [1.82, 2.24) is 4.98 Å². The standard InChI is InChI=1S/C16H21N3/c1-12-6-5-7-14(10-12)13(2)18-15-11-17-9-8-16(15)19(3)4/h5-11,13,18H,1-4H3. The van der Waals surface area contributed by atoms with Crippen molar-refractivity contribution in [1.29, 1.82) is 0 Å². The molecule has 1 heterocycles. The second-order valence-electron chi connectivity index (χ2n) is 5.07. The molecule has 0 radical (unpaired) electrons. The molecular formula is C16H21N3. The number of anilines is 2. The van der Waals surface area contributed by atoms with Crippen molar-refractivity contribution in [3.8, 4) is 0 Å². The van der Waals surface area contributed by atoms with E-state index in [2.05, 4.69) is 53.3 Å². The second kappa shape index (κ2) is 5.74. The third-order valence-corrected chi connectivity index (χ3v) is 3.19. The van der Waals surface area contributed by atoms with Gasteiger partial charge in [-0.1, -0.05) is 29.8 Å². The molecule has 2 aromatic rings. The molecule has 1 N–H and O–H groups in total. The smallest absolute Gasteiger partial charge is 0.0768 e. The number of hydrogen-bond donors (Lipinski definition) is 1. The Bertz CT molecular complexity index is 549. The van der Waals surface area contributed by atoms with E-state index in [1.165, 1.54) is 11.1 Å². The van der Waals surface area contributed by atoms with Crippen LogP contribution in [0.2, 0.25) is 0 Å². The zero-order valence-electron chi connectivity index (χ0n) is 12.0. The summed E-state index contributed by atoms with van der Waals surface area (Å²) in [5.41, 5.74) is 4.77. The predicted molar refractivity (Wildman–Crippen MR) is 81.8 cm³/mol. The van der Waals surface area contributed by atoms with Crippen LogP contribution < -0.4 is 10.2 Å². The van der Waals surface area contributed by atoms with Gasteiger partial charge in [-0.15, -0.1) is 0 Å². The number of hydrogen-bond acceptors (Lipinski definition) is 3. The monoisotopic (exact) mass is 255 g/mol. The fourth-order valence-corrected chi connectivity index (χ4v) is 2.14. The number of rotatable bonds is 4. The summed E-state index contributed by atoms with van der Waals surface area (Å²) in [7, 11) is 4.08. The van der Waals surface area contributed by atoms with Gasteiger partial charge in [-0.3, -0.25) is 4.98 Å². The molecule has 0 aliphatic carbocycles. The van der Waals surface area contributed by atoms with Gasteiger partial charge in [-0.2, -0.15) is 0 Å². The van der Waals surface area contributed by atoms with Gasteiger partial charge in [0.05, 0.1) is 17.6 Å². The Morgan fingerprint density at radius 3 is 2.68 bits per heavy atom. The predicted octanol–water partition coefficient (Wildman–Crippen LogP) is 3.63. The Labute approximate surface area is 115 Å². The molecule has 1 aromatic heterocycles. The highest BCUT2D eigenvalue weighted by atomic mass is 15.1. The Balaban J connectivity index is 2.22. The normalized spacial score (nSPS) is 12.0. The van der Waals surface area contributed by atoms with Crippen LogP contribution in [-0.4, -0.2) is 19.1 Å². The lowest BCUT2D eigenvalue weighted by Gasteiger charge is -2.21. The highest BCUT2D eigenvalue weighted by Gasteiger charge is 2.09. The maximum absolute atomic E-state index is 4.20. The van der Waals surface area contributed by atoms with Gasteiger partial charge < -0.3 is 10.2 Å². The molecule has 19 heavy (non-hydrogen) atoms. The first kappa shape index (κ1) is 13.4. The molecule has 3 heteroatoms. The van der Waals surface area contributed by atoms with Crippen molar-refractivity contribution in [2.75, 3.05) is 24.3 Å². The van der Waals surface area contributed by atoms with Crippen LogP contribution in [0.5, 0.6) is 0 Å². The topological polar surface area (TPSA) is 28.2 Å². The molecule has 0 spiro atoms. The highest BCUT2D eigenvalue weighted by Crippen LogP contribution is 2.27. The van der Waals surface area contributed by atoms with Crippen LogP contribution >= 0.6 is 0 Å². The minimum atomic E-state index is 0.253. The van der Waals surface area contributed by atoms with Crippen molar-refractivity contribution in [2.45, 2.75) is 19.9 Å². The van der Waals surface area contributed by atoms with Gasteiger partial charge in [0.1, 0.15) is 0 Å². The molecule has 1 atom stereocenters. The number of aromatic nitrogens is 1. The Morgan fingerprint density at radius 2 is 2.00 bits per heavy atom. The van der Waals surface area contributed by atoms with Crippen molar-refractivity contribution < 1.29 is 0 Å². The van der Waals surface area contributed by atoms with E-state index < -0.39 is 0 Å². The van der Waals surface area contributed by atoms with E-state index in [4.69, 9.17) is 0 Å². The summed E-state index contributed by atoms with van der Waals surface area (Å²) >= 11 is 0. The fraction of sp³-hybridized carbons (Fsp3) is 0.312. The lowest BCUT2D eigenvalue weighted by Crippen LogP contribution is -2.14. The van der Waals surface area contributed by atoms with Gasteiger partial charge in [-0.05, 0) is 25.5 Å². The van der Waals surface area contributed by atoms with Gasteiger partial charge in [0.25, 0.3) is 0 Å². The lowest BCUT2D eigenvalue weighted by atomic mass is 10.1. The molecule has 0 saturated heterocycles. The van der Waals surface area contributed by atoms with Gasteiger partial charge >= 0.3 is 0 Å². The highest BCUT2D eigenvalue weighted by molar-refractivity contribution is 5.68. The fourth-order valence-electron chi connectivity index (χ4n) is 2.14. The van der Waals surface area contributed by atoms with E-state index in [0.29, 0.717) is 0 Å². The number of aryl methyl sites for hydroxylation is 1. The summed E-state index contributed by atoms with van der Waals surface area (Å²) in [6.07, 6.45) is 3.69. The van der Waals surface area contributed by atoms with Crippen molar-refractivity contribution >= 4 is 11.4 Å².